The lowest BCUT2D eigenvalue weighted by molar-refractivity contribution is -0.147. The van der Waals surface area contributed by atoms with Gasteiger partial charge in [-0.15, -0.1) is 0 Å². The summed E-state index contributed by atoms with van der Waals surface area (Å²) in [5.74, 6) is 0.204. The number of halogens is 1. The van der Waals surface area contributed by atoms with Crippen LogP contribution in [0.4, 0.5) is 0 Å². The van der Waals surface area contributed by atoms with Crippen LogP contribution in [0, 0.1) is 0 Å². The minimum atomic E-state index is -0.760. The van der Waals surface area contributed by atoms with Crippen molar-refractivity contribution in [2.24, 2.45) is 0 Å². The molecule has 0 bridgehead atoms. The van der Waals surface area contributed by atoms with E-state index in [-0.39, 0.29) is 19.1 Å². The van der Waals surface area contributed by atoms with E-state index < -0.39 is 12.0 Å². The highest BCUT2D eigenvalue weighted by Crippen LogP contribution is 2.30. The zero-order chi connectivity index (χ0) is 21.2. The van der Waals surface area contributed by atoms with Crippen molar-refractivity contribution in [2.75, 3.05) is 13.2 Å². The molecule has 0 aliphatic rings. The Hall–Kier alpha value is -2.34. The summed E-state index contributed by atoms with van der Waals surface area (Å²) in [7, 11) is 0. The Balaban J connectivity index is 1.98. The number of hydrogen-bond acceptors (Lipinski definition) is 4. The highest BCUT2D eigenvalue weighted by atomic mass is 79.9. The van der Waals surface area contributed by atoms with Gasteiger partial charge in [0.1, 0.15) is 11.8 Å². The largest absolute Gasteiger partial charge is 0.483 e. The maximum absolute atomic E-state index is 12.4. The third-order valence-electron chi connectivity index (χ3n) is 4.69. The smallest absolute Gasteiger partial charge is 0.328 e. The van der Waals surface area contributed by atoms with E-state index >= 15 is 0 Å². The first kappa shape index (κ1) is 22.9. The summed E-state index contributed by atoms with van der Waals surface area (Å²) in [6, 6.07) is 14.6. The van der Waals surface area contributed by atoms with E-state index in [2.05, 4.69) is 35.1 Å². The lowest BCUT2D eigenvalue weighted by Crippen LogP contribution is -2.45. The Morgan fingerprint density at radius 1 is 1.10 bits per heavy atom. The lowest BCUT2D eigenvalue weighted by atomic mass is 9.99. The molecule has 2 aromatic rings. The van der Waals surface area contributed by atoms with E-state index in [9.17, 15) is 9.59 Å². The van der Waals surface area contributed by atoms with Crippen LogP contribution >= 0.6 is 15.9 Å². The number of hydrogen-bond donors (Lipinski definition) is 1. The first-order chi connectivity index (χ1) is 13.9. The molecular weight excluding hydrogens is 434 g/mol. The Morgan fingerprint density at radius 3 is 2.45 bits per heavy atom. The fraction of sp³-hybridized carbons (Fsp3) is 0.391. The molecule has 5 nitrogen and oxygen atoms in total. The highest BCUT2D eigenvalue weighted by molar-refractivity contribution is 9.10. The molecule has 2 rings (SSSR count). The topological polar surface area (TPSA) is 64.6 Å². The molecule has 2 atom stereocenters. The Kier molecular flexibility index (Phi) is 9.19. The summed E-state index contributed by atoms with van der Waals surface area (Å²) in [5.41, 5.74) is 2.15. The Labute approximate surface area is 180 Å². The van der Waals surface area contributed by atoms with E-state index in [4.69, 9.17) is 9.47 Å². The summed E-state index contributed by atoms with van der Waals surface area (Å²) < 4.78 is 11.6. The minimum Gasteiger partial charge on any atom is -0.483 e. The SMILES string of the molecule is CCOC(=O)C(Cc1ccccc1)NC(=O)COc1ccc(C(C)CC)cc1Br. The van der Waals surface area contributed by atoms with Crippen molar-refractivity contribution >= 4 is 27.8 Å². The van der Waals surface area contributed by atoms with E-state index in [0.29, 0.717) is 18.1 Å². The molecule has 29 heavy (non-hydrogen) atoms. The van der Waals surface area contributed by atoms with Gasteiger partial charge >= 0.3 is 5.97 Å². The molecule has 0 spiro atoms. The van der Waals surface area contributed by atoms with Gasteiger partial charge in [0.25, 0.3) is 5.91 Å². The molecule has 156 valence electrons. The van der Waals surface area contributed by atoms with Crippen LogP contribution in [0.25, 0.3) is 0 Å². The molecule has 0 radical (unpaired) electrons. The quantitative estimate of drug-likeness (QED) is 0.523. The molecule has 0 aliphatic carbocycles. The second kappa shape index (κ2) is 11.6. The van der Waals surface area contributed by atoms with Gasteiger partial charge in [0, 0.05) is 6.42 Å². The third-order valence-corrected chi connectivity index (χ3v) is 5.30. The van der Waals surface area contributed by atoms with E-state index in [1.807, 2.05) is 48.5 Å². The van der Waals surface area contributed by atoms with Crippen LogP contribution in [0.2, 0.25) is 0 Å². The van der Waals surface area contributed by atoms with E-state index in [1.54, 1.807) is 6.92 Å². The van der Waals surface area contributed by atoms with Crippen LogP contribution in [0.3, 0.4) is 0 Å². The van der Waals surface area contributed by atoms with Gasteiger partial charge in [-0.25, -0.2) is 4.79 Å². The molecule has 0 saturated carbocycles. The summed E-state index contributed by atoms with van der Waals surface area (Å²) in [6.07, 6.45) is 1.41. The second-order valence-electron chi connectivity index (χ2n) is 6.85. The zero-order valence-corrected chi connectivity index (χ0v) is 18.7. The molecule has 6 heteroatoms. The number of amides is 1. The second-order valence-corrected chi connectivity index (χ2v) is 7.70. The van der Waals surface area contributed by atoms with E-state index in [1.165, 1.54) is 5.56 Å². The molecular formula is C23H28BrNO4. The molecule has 1 N–H and O–H groups in total. The molecule has 0 fully saturated rings. The van der Waals surface area contributed by atoms with Crippen molar-refractivity contribution in [3.05, 3.63) is 64.1 Å². The van der Waals surface area contributed by atoms with Crippen LogP contribution in [0.15, 0.2) is 53.0 Å². The van der Waals surface area contributed by atoms with Crippen molar-refractivity contribution in [3.8, 4) is 5.75 Å². The molecule has 0 heterocycles. The van der Waals surface area contributed by atoms with Crippen LogP contribution in [0.5, 0.6) is 5.75 Å². The molecule has 1 amide bonds. The predicted molar refractivity (Wildman–Crippen MR) is 117 cm³/mol. The highest BCUT2D eigenvalue weighted by Gasteiger charge is 2.23. The third kappa shape index (κ3) is 7.20. The fourth-order valence-electron chi connectivity index (χ4n) is 2.84. The van der Waals surface area contributed by atoms with E-state index in [0.717, 1.165) is 16.5 Å². The van der Waals surface area contributed by atoms with Gasteiger partial charge in [0.15, 0.2) is 6.61 Å². The molecule has 2 unspecified atom stereocenters. The van der Waals surface area contributed by atoms with Gasteiger partial charge in [-0.05, 0) is 58.5 Å². The van der Waals surface area contributed by atoms with Crippen LogP contribution < -0.4 is 10.1 Å². The maximum Gasteiger partial charge on any atom is 0.328 e. The first-order valence-electron chi connectivity index (χ1n) is 9.86. The van der Waals surface area contributed by atoms with Crippen LogP contribution in [-0.2, 0) is 20.7 Å². The van der Waals surface area contributed by atoms with Gasteiger partial charge in [-0.2, -0.15) is 0 Å². The minimum absolute atomic E-state index is 0.189. The van der Waals surface area contributed by atoms with Crippen molar-refractivity contribution in [1.82, 2.24) is 5.32 Å². The van der Waals surface area contributed by atoms with Crippen LogP contribution in [-0.4, -0.2) is 31.1 Å². The monoisotopic (exact) mass is 461 g/mol. The number of benzene rings is 2. The standard InChI is InChI=1S/C23H28BrNO4/c1-4-16(3)18-11-12-21(19(24)14-18)29-15-22(26)25-20(23(27)28-5-2)13-17-9-7-6-8-10-17/h6-12,14,16,20H,4-5,13,15H2,1-3H3,(H,25,26). The summed E-state index contributed by atoms with van der Waals surface area (Å²) >= 11 is 3.50. The summed E-state index contributed by atoms with van der Waals surface area (Å²) in [6.45, 7) is 6.11. The molecule has 0 aromatic heterocycles. The van der Waals surface area contributed by atoms with Crippen LogP contribution in [0.1, 0.15) is 44.2 Å². The van der Waals surface area contributed by atoms with Gasteiger partial charge in [-0.1, -0.05) is 50.2 Å². The van der Waals surface area contributed by atoms with Gasteiger partial charge in [0.2, 0.25) is 0 Å². The van der Waals surface area contributed by atoms with Gasteiger partial charge in [0.05, 0.1) is 11.1 Å². The molecule has 0 aliphatic heterocycles. The number of esters is 1. The average molecular weight is 462 g/mol. The zero-order valence-electron chi connectivity index (χ0n) is 17.1. The fourth-order valence-corrected chi connectivity index (χ4v) is 3.35. The summed E-state index contributed by atoms with van der Waals surface area (Å²) in [5, 5.41) is 2.72. The van der Waals surface area contributed by atoms with Crippen molar-refractivity contribution in [1.29, 1.82) is 0 Å². The number of nitrogens with one attached hydrogen (secondary N) is 1. The normalized spacial score (nSPS) is 12.7. The summed E-state index contributed by atoms with van der Waals surface area (Å²) in [4.78, 5) is 24.7. The van der Waals surface area contributed by atoms with Crippen molar-refractivity contribution in [2.45, 2.75) is 45.6 Å². The number of carbonyl (C=O) groups is 2. The molecule has 2 aromatic carbocycles. The average Bonchev–Trinajstić information content (AvgIpc) is 2.72. The Morgan fingerprint density at radius 2 is 1.83 bits per heavy atom. The number of rotatable bonds is 10. The Bertz CT molecular complexity index is 810. The van der Waals surface area contributed by atoms with Crippen molar-refractivity contribution in [3.63, 3.8) is 0 Å². The number of ether oxygens (including phenoxy) is 2. The van der Waals surface area contributed by atoms with Crippen molar-refractivity contribution < 1.29 is 19.1 Å². The first-order valence-corrected chi connectivity index (χ1v) is 10.7. The van der Waals surface area contributed by atoms with Gasteiger partial charge in [-0.3, -0.25) is 4.79 Å². The lowest BCUT2D eigenvalue weighted by Gasteiger charge is -2.18. The van der Waals surface area contributed by atoms with Gasteiger partial charge < -0.3 is 14.8 Å². The molecule has 0 saturated heterocycles. The maximum atomic E-state index is 12.4. The predicted octanol–water partition coefficient (Wildman–Crippen LogP) is 4.63. The number of carbonyl (C=O) groups excluding carboxylic acids is 2.